The molecule has 1 N–H and O–H groups in total. The first-order valence-corrected chi connectivity index (χ1v) is 7.48. The van der Waals surface area contributed by atoms with E-state index in [4.69, 9.17) is 4.42 Å². The van der Waals surface area contributed by atoms with E-state index in [9.17, 15) is 0 Å². The van der Waals surface area contributed by atoms with Gasteiger partial charge in [-0.1, -0.05) is 32.3 Å². The summed E-state index contributed by atoms with van der Waals surface area (Å²) in [6.45, 7) is 2.29. The number of aromatic nitrogens is 2. The number of nitrogens with one attached hydrogen (secondary N) is 1. The molecule has 0 bridgehead atoms. The molecule has 0 radical (unpaired) electrons. The number of benzene rings is 1. The summed E-state index contributed by atoms with van der Waals surface area (Å²) in [5.41, 5.74) is 2.11. The van der Waals surface area contributed by atoms with Gasteiger partial charge in [0.2, 0.25) is 12.3 Å². The van der Waals surface area contributed by atoms with Crippen LogP contribution in [0.2, 0.25) is 0 Å². The van der Waals surface area contributed by atoms with Gasteiger partial charge in [0.1, 0.15) is 0 Å². The van der Waals surface area contributed by atoms with Crippen LogP contribution in [0.25, 0.3) is 11.5 Å². The monoisotopic (exact) mass is 271 g/mol. The van der Waals surface area contributed by atoms with Gasteiger partial charge in [-0.3, -0.25) is 0 Å². The van der Waals surface area contributed by atoms with E-state index >= 15 is 0 Å². The first-order valence-electron chi connectivity index (χ1n) is 7.48. The zero-order valence-corrected chi connectivity index (χ0v) is 11.9. The molecule has 1 saturated carbocycles. The normalized spacial score (nSPS) is 22.6. The van der Waals surface area contributed by atoms with E-state index in [0.29, 0.717) is 11.9 Å². The zero-order chi connectivity index (χ0) is 13.8. The van der Waals surface area contributed by atoms with Gasteiger partial charge in [0, 0.05) is 17.3 Å². The van der Waals surface area contributed by atoms with Crippen LogP contribution in [0.15, 0.2) is 35.1 Å². The topological polar surface area (TPSA) is 51.0 Å². The van der Waals surface area contributed by atoms with Crippen LogP contribution in [0.5, 0.6) is 0 Å². The Morgan fingerprint density at radius 1 is 1.35 bits per heavy atom. The lowest BCUT2D eigenvalue weighted by Crippen LogP contribution is -2.27. The Labute approximate surface area is 119 Å². The summed E-state index contributed by atoms with van der Waals surface area (Å²) in [6.07, 6.45) is 7.92. The summed E-state index contributed by atoms with van der Waals surface area (Å²) in [5.74, 6) is 1.45. The summed E-state index contributed by atoms with van der Waals surface area (Å²) in [4.78, 5) is 0. The Hall–Kier alpha value is -1.84. The summed E-state index contributed by atoms with van der Waals surface area (Å²) in [6, 6.07) is 8.81. The number of hydrogen-bond donors (Lipinski definition) is 1. The van der Waals surface area contributed by atoms with Gasteiger partial charge < -0.3 is 9.73 Å². The molecule has 0 saturated heterocycles. The maximum absolute atomic E-state index is 5.25. The van der Waals surface area contributed by atoms with Crippen LogP contribution in [-0.2, 0) is 0 Å². The highest BCUT2D eigenvalue weighted by molar-refractivity contribution is 5.61. The second kappa shape index (κ2) is 6.07. The van der Waals surface area contributed by atoms with Crippen molar-refractivity contribution in [3.63, 3.8) is 0 Å². The molecular weight excluding hydrogens is 250 g/mol. The highest BCUT2D eigenvalue weighted by Gasteiger charge is 2.20. The molecule has 106 valence electrons. The molecule has 1 aromatic carbocycles. The van der Waals surface area contributed by atoms with E-state index < -0.39 is 0 Å². The molecule has 1 aromatic heterocycles. The van der Waals surface area contributed by atoms with E-state index in [-0.39, 0.29) is 0 Å². The van der Waals surface area contributed by atoms with Gasteiger partial charge in [0.05, 0.1) is 0 Å². The molecule has 2 atom stereocenters. The minimum Gasteiger partial charge on any atom is -0.423 e. The van der Waals surface area contributed by atoms with Crippen molar-refractivity contribution >= 4 is 5.69 Å². The van der Waals surface area contributed by atoms with E-state index in [2.05, 4.69) is 34.6 Å². The molecule has 1 fully saturated rings. The van der Waals surface area contributed by atoms with Crippen LogP contribution in [0.1, 0.15) is 39.0 Å². The standard InChI is InChI=1S/C16H21N3O/c1-2-12-5-3-7-14(9-12)18-15-8-4-6-13(10-15)16-19-17-11-20-16/h4,6,8,10-12,14,18H,2-3,5,7,9H2,1H3. The van der Waals surface area contributed by atoms with Crippen molar-refractivity contribution in [1.29, 1.82) is 0 Å². The average molecular weight is 271 g/mol. The Morgan fingerprint density at radius 3 is 3.10 bits per heavy atom. The largest absolute Gasteiger partial charge is 0.423 e. The van der Waals surface area contributed by atoms with Crippen LogP contribution in [0, 0.1) is 5.92 Å². The van der Waals surface area contributed by atoms with E-state index in [1.165, 1.54) is 38.5 Å². The Kier molecular flexibility index (Phi) is 4.00. The number of rotatable bonds is 4. The molecule has 1 heterocycles. The van der Waals surface area contributed by atoms with Gasteiger partial charge in [-0.25, -0.2) is 0 Å². The second-order valence-corrected chi connectivity index (χ2v) is 5.61. The van der Waals surface area contributed by atoms with Gasteiger partial charge in [-0.15, -0.1) is 10.2 Å². The van der Waals surface area contributed by atoms with Crippen LogP contribution in [0.4, 0.5) is 5.69 Å². The molecule has 1 aliphatic rings. The average Bonchev–Trinajstić information content (AvgIpc) is 3.02. The molecule has 4 nitrogen and oxygen atoms in total. The molecule has 0 spiro atoms. The fraction of sp³-hybridized carbons (Fsp3) is 0.500. The summed E-state index contributed by atoms with van der Waals surface area (Å²) < 4.78 is 5.25. The minimum absolute atomic E-state index is 0.573. The third kappa shape index (κ3) is 3.00. The van der Waals surface area contributed by atoms with Gasteiger partial charge >= 0.3 is 0 Å². The van der Waals surface area contributed by atoms with E-state index in [1.807, 2.05) is 12.1 Å². The second-order valence-electron chi connectivity index (χ2n) is 5.61. The van der Waals surface area contributed by atoms with E-state index in [1.54, 1.807) is 0 Å². The van der Waals surface area contributed by atoms with Crippen molar-refractivity contribution in [2.45, 2.75) is 45.1 Å². The number of nitrogens with zero attached hydrogens (tertiary/aromatic N) is 2. The highest BCUT2D eigenvalue weighted by atomic mass is 16.4. The Morgan fingerprint density at radius 2 is 2.30 bits per heavy atom. The summed E-state index contributed by atoms with van der Waals surface area (Å²) in [7, 11) is 0. The van der Waals surface area contributed by atoms with Gasteiger partial charge in [0.15, 0.2) is 0 Å². The summed E-state index contributed by atoms with van der Waals surface area (Å²) in [5, 5.41) is 11.3. The molecular formula is C16H21N3O. The van der Waals surface area contributed by atoms with Crippen molar-refractivity contribution < 1.29 is 4.42 Å². The molecule has 0 amide bonds. The smallest absolute Gasteiger partial charge is 0.247 e. The predicted octanol–water partition coefficient (Wildman–Crippen LogP) is 4.12. The van der Waals surface area contributed by atoms with E-state index in [0.717, 1.165) is 17.2 Å². The van der Waals surface area contributed by atoms with Crippen LogP contribution in [0.3, 0.4) is 0 Å². The van der Waals surface area contributed by atoms with Crippen molar-refractivity contribution in [1.82, 2.24) is 10.2 Å². The number of anilines is 1. The maximum Gasteiger partial charge on any atom is 0.247 e. The minimum atomic E-state index is 0.573. The molecule has 2 aromatic rings. The maximum atomic E-state index is 5.25. The number of hydrogen-bond acceptors (Lipinski definition) is 4. The highest BCUT2D eigenvalue weighted by Crippen LogP contribution is 2.29. The molecule has 4 heteroatoms. The lowest BCUT2D eigenvalue weighted by molar-refractivity contribution is 0.327. The molecule has 1 aliphatic carbocycles. The molecule has 0 aliphatic heterocycles. The molecule has 20 heavy (non-hydrogen) atoms. The quantitative estimate of drug-likeness (QED) is 0.909. The Balaban J connectivity index is 1.70. The van der Waals surface area contributed by atoms with Crippen molar-refractivity contribution in [3.8, 4) is 11.5 Å². The van der Waals surface area contributed by atoms with Gasteiger partial charge in [0.25, 0.3) is 0 Å². The fourth-order valence-electron chi connectivity index (χ4n) is 3.07. The lowest BCUT2D eigenvalue weighted by Gasteiger charge is -2.29. The SMILES string of the molecule is CCC1CCCC(Nc2cccc(-c3nnco3)c2)C1. The van der Waals surface area contributed by atoms with Gasteiger partial charge in [-0.2, -0.15) is 0 Å². The third-order valence-corrected chi connectivity index (χ3v) is 4.20. The van der Waals surface area contributed by atoms with Crippen LogP contribution < -0.4 is 5.32 Å². The molecule has 2 unspecified atom stereocenters. The Bertz CT molecular complexity index is 538. The predicted molar refractivity (Wildman–Crippen MR) is 79.4 cm³/mol. The zero-order valence-electron chi connectivity index (χ0n) is 11.9. The van der Waals surface area contributed by atoms with Crippen molar-refractivity contribution in [2.75, 3.05) is 5.32 Å². The lowest BCUT2D eigenvalue weighted by atomic mass is 9.84. The van der Waals surface area contributed by atoms with Crippen molar-refractivity contribution in [3.05, 3.63) is 30.7 Å². The first-order chi connectivity index (χ1) is 9.85. The van der Waals surface area contributed by atoms with Crippen molar-refractivity contribution in [2.24, 2.45) is 5.92 Å². The first kappa shape index (κ1) is 13.2. The van der Waals surface area contributed by atoms with Gasteiger partial charge in [-0.05, 0) is 37.0 Å². The van der Waals surface area contributed by atoms with Crippen LogP contribution in [-0.4, -0.2) is 16.2 Å². The molecule has 3 rings (SSSR count). The van der Waals surface area contributed by atoms with Crippen LogP contribution >= 0.6 is 0 Å². The fourth-order valence-corrected chi connectivity index (χ4v) is 3.07. The third-order valence-electron chi connectivity index (χ3n) is 4.20. The summed E-state index contributed by atoms with van der Waals surface area (Å²) >= 11 is 0.